The molecular formula is C20H22FNO4. The Hall–Kier alpha value is -2.89. The number of rotatable bonds is 6. The van der Waals surface area contributed by atoms with Crippen LogP contribution in [0, 0.1) is 19.7 Å². The highest BCUT2D eigenvalue weighted by Crippen LogP contribution is 2.19. The first kappa shape index (κ1) is 19.4. The minimum absolute atomic E-state index is 0.100. The van der Waals surface area contributed by atoms with Crippen molar-refractivity contribution in [3.05, 3.63) is 58.9 Å². The number of hydrogen-bond acceptors (Lipinski definition) is 4. The van der Waals surface area contributed by atoms with Gasteiger partial charge in [-0.25, -0.2) is 4.39 Å². The Bertz CT molecular complexity index is 819. The number of aryl methyl sites for hydroxylation is 2. The molecule has 0 aliphatic heterocycles. The number of nitrogens with one attached hydrogen (secondary N) is 1. The number of anilines is 1. The average Bonchev–Trinajstić information content (AvgIpc) is 2.57. The second-order valence-corrected chi connectivity index (χ2v) is 6.09. The largest absolute Gasteiger partial charge is 0.494 e. The zero-order valence-corrected chi connectivity index (χ0v) is 15.3. The number of carbonyl (C=O) groups excluding carboxylic acids is 2. The normalized spacial score (nSPS) is 11.6. The summed E-state index contributed by atoms with van der Waals surface area (Å²) in [7, 11) is 1.36. The standard InChI is InChI=1S/C20H22FNO4/c1-12-5-7-17(13(2)9-12)22-20(24)14(3)26-19(23)11-15-6-8-18(25-4)16(21)10-15/h5-10,14H,11H2,1-4H3,(H,22,24). The van der Waals surface area contributed by atoms with Gasteiger partial charge in [0.05, 0.1) is 13.5 Å². The molecule has 0 spiro atoms. The van der Waals surface area contributed by atoms with Crippen LogP contribution >= 0.6 is 0 Å². The number of ether oxygens (including phenoxy) is 2. The van der Waals surface area contributed by atoms with E-state index < -0.39 is 23.8 Å². The maximum absolute atomic E-state index is 13.7. The molecule has 0 aromatic heterocycles. The van der Waals surface area contributed by atoms with Crippen molar-refractivity contribution in [1.29, 1.82) is 0 Å². The molecule has 6 heteroatoms. The predicted octanol–water partition coefficient (Wildman–Crippen LogP) is 3.56. The maximum atomic E-state index is 13.7. The average molecular weight is 359 g/mol. The van der Waals surface area contributed by atoms with E-state index in [2.05, 4.69) is 5.32 Å². The number of benzene rings is 2. The summed E-state index contributed by atoms with van der Waals surface area (Å²) in [6.07, 6.45) is -1.10. The van der Waals surface area contributed by atoms with Crippen molar-refractivity contribution < 1.29 is 23.5 Å². The van der Waals surface area contributed by atoms with Gasteiger partial charge in [-0.1, -0.05) is 23.8 Å². The minimum atomic E-state index is -0.966. The third kappa shape index (κ3) is 5.05. The maximum Gasteiger partial charge on any atom is 0.311 e. The monoisotopic (exact) mass is 359 g/mol. The molecule has 2 aromatic rings. The third-order valence-electron chi connectivity index (χ3n) is 3.88. The zero-order chi connectivity index (χ0) is 19.3. The van der Waals surface area contributed by atoms with Gasteiger partial charge in [-0.05, 0) is 50.1 Å². The van der Waals surface area contributed by atoms with Crippen LogP contribution in [0.4, 0.5) is 10.1 Å². The van der Waals surface area contributed by atoms with Gasteiger partial charge < -0.3 is 14.8 Å². The molecule has 0 aliphatic carbocycles. The first-order valence-corrected chi connectivity index (χ1v) is 8.20. The summed E-state index contributed by atoms with van der Waals surface area (Å²) < 4.78 is 23.6. The summed E-state index contributed by atoms with van der Waals surface area (Å²) in [4.78, 5) is 24.2. The summed E-state index contributed by atoms with van der Waals surface area (Å²) in [5.41, 5.74) is 3.12. The molecule has 138 valence electrons. The smallest absolute Gasteiger partial charge is 0.311 e. The Morgan fingerprint density at radius 3 is 2.50 bits per heavy atom. The number of hydrogen-bond donors (Lipinski definition) is 1. The van der Waals surface area contributed by atoms with E-state index >= 15 is 0 Å². The van der Waals surface area contributed by atoms with Gasteiger partial charge in [0, 0.05) is 5.69 Å². The Labute approximate surface area is 152 Å². The summed E-state index contributed by atoms with van der Waals surface area (Å²) >= 11 is 0. The highest BCUT2D eigenvalue weighted by Gasteiger charge is 2.19. The molecule has 0 aliphatic rings. The van der Waals surface area contributed by atoms with Gasteiger partial charge in [0.1, 0.15) is 0 Å². The second kappa shape index (κ2) is 8.47. The molecule has 1 unspecified atom stereocenters. The van der Waals surface area contributed by atoms with Crippen LogP contribution in [0.3, 0.4) is 0 Å². The summed E-state index contributed by atoms with van der Waals surface area (Å²) in [6.45, 7) is 5.34. The SMILES string of the molecule is COc1ccc(CC(=O)OC(C)C(=O)Nc2ccc(C)cc2C)cc1F. The Balaban J connectivity index is 1.93. The number of esters is 1. The topological polar surface area (TPSA) is 64.6 Å². The van der Waals surface area contributed by atoms with E-state index in [1.165, 1.54) is 26.2 Å². The van der Waals surface area contributed by atoms with E-state index in [1.54, 1.807) is 12.1 Å². The Morgan fingerprint density at radius 2 is 1.88 bits per heavy atom. The lowest BCUT2D eigenvalue weighted by Crippen LogP contribution is -2.30. The van der Waals surface area contributed by atoms with E-state index in [0.29, 0.717) is 11.3 Å². The first-order valence-electron chi connectivity index (χ1n) is 8.20. The fourth-order valence-corrected chi connectivity index (χ4v) is 2.47. The molecule has 1 N–H and O–H groups in total. The van der Waals surface area contributed by atoms with Crippen molar-refractivity contribution in [2.45, 2.75) is 33.3 Å². The summed E-state index contributed by atoms with van der Waals surface area (Å²) in [5, 5.41) is 2.74. The quantitative estimate of drug-likeness (QED) is 0.801. The van der Waals surface area contributed by atoms with Crippen LogP contribution in [-0.2, 0) is 20.7 Å². The molecule has 0 bridgehead atoms. The highest BCUT2D eigenvalue weighted by atomic mass is 19.1. The van der Waals surface area contributed by atoms with Crippen molar-refractivity contribution >= 4 is 17.6 Å². The Morgan fingerprint density at radius 1 is 1.15 bits per heavy atom. The molecule has 0 heterocycles. The van der Waals surface area contributed by atoms with E-state index in [1.807, 2.05) is 26.0 Å². The number of methoxy groups -OCH3 is 1. The number of halogens is 1. The molecule has 0 saturated heterocycles. The van der Waals surface area contributed by atoms with Gasteiger partial charge in [0.2, 0.25) is 0 Å². The van der Waals surface area contributed by atoms with Gasteiger partial charge >= 0.3 is 5.97 Å². The van der Waals surface area contributed by atoms with Crippen LogP contribution in [0.5, 0.6) is 5.75 Å². The molecule has 0 radical (unpaired) electrons. The van der Waals surface area contributed by atoms with Crippen molar-refractivity contribution in [1.82, 2.24) is 0 Å². The molecule has 1 amide bonds. The van der Waals surface area contributed by atoms with Crippen molar-refractivity contribution in [3.8, 4) is 5.75 Å². The second-order valence-electron chi connectivity index (χ2n) is 6.09. The molecule has 2 aromatic carbocycles. The molecule has 1 atom stereocenters. The third-order valence-corrected chi connectivity index (χ3v) is 3.88. The molecule has 0 fully saturated rings. The van der Waals surface area contributed by atoms with Gasteiger partial charge in [-0.3, -0.25) is 9.59 Å². The molecule has 2 rings (SSSR count). The Kier molecular flexibility index (Phi) is 6.33. The lowest BCUT2D eigenvalue weighted by Gasteiger charge is -2.15. The van der Waals surface area contributed by atoms with Crippen LogP contribution in [0.2, 0.25) is 0 Å². The van der Waals surface area contributed by atoms with E-state index in [0.717, 1.165) is 11.1 Å². The van der Waals surface area contributed by atoms with Gasteiger partial charge in [0.25, 0.3) is 5.91 Å². The summed E-state index contributed by atoms with van der Waals surface area (Å²) in [6, 6.07) is 9.86. The minimum Gasteiger partial charge on any atom is -0.494 e. The molecule has 0 saturated carbocycles. The molecule has 5 nitrogen and oxygen atoms in total. The van der Waals surface area contributed by atoms with Crippen LogP contribution in [0.1, 0.15) is 23.6 Å². The van der Waals surface area contributed by atoms with Crippen LogP contribution in [0.15, 0.2) is 36.4 Å². The van der Waals surface area contributed by atoms with Gasteiger partial charge in [-0.2, -0.15) is 0 Å². The molecule has 26 heavy (non-hydrogen) atoms. The van der Waals surface area contributed by atoms with E-state index in [9.17, 15) is 14.0 Å². The fraction of sp³-hybridized carbons (Fsp3) is 0.300. The van der Waals surface area contributed by atoms with Crippen molar-refractivity contribution in [3.63, 3.8) is 0 Å². The van der Waals surface area contributed by atoms with Crippen LogP contribution in [-0.4, -0.2) is 25.1 Å². The fourth-order valence-electron chi connectivity index (χ4n) is 2.47. The van der Waals surface area contributed by atoms with Gasteiger partial charge in [-0.15, -0.1) is 0 Å². The van der Waals surface area contributed by atoms with Crippen LogP contribution in [0.25, 0.3) is 0 Å². The first-order chi connectivity index (χ1) is 12.3. The summed E-state index contributed by atoms with van der Waals surface area (Å²) in [5.74, 6) is -1.49. The van der Waals surface area contributed by atoms with Gasteiger partial charge in [0.15, 0.2) is 17.7 Å². The predicted molar refractivity (Wildman–Crippen MR) is 96.8 cm³/mol. The highest BCUT2D eigenvalue weighted by molar-refractivity contribution is 5.95. The van der Waals surface area contributed by atoms with Crippen molar-refractivity contribution in [2.24, 2.45) is 0 Å². The van der Waals surface area contributed by atoms with E-state index in [-0.39, 0.29) is 12.2 Å². The molecular weight excluding hydrogens is 337 g/mol. The van der Waals surface area contributed by atoms with Crippen molar-refractivity contribution in [2.75, 3.05) is 12.4 Å². The lowest BCUT2D eigenvalue weighted by atomic mass is 10.1. The number of amides is 1. The van der Waals surface area contributed by atoms with E-state index in [4.69, 9.17) is 9.47 Å². The van der Waals surface area contributed by atoms with Crippen LogP contribution < -0.4 is 10.1 Å². The number of carbonyl (C=O) groups is 2. The lowest BCUT2D eigenvalue weighted by molar-refractivity contribution is -0.152. The zero-order valence-electron chi connectivity index (χ0n) is 15.3.